The van der Waals surface area contributed by atoms with E-state index in [0.29, 0.717) is 31.2 Å². The molecule has 4 N–H and O–H groups in total. The highest BCUT2D eigenvalue weighted by Crippen LogP contribution is 2.13. The zero-order valence-electron chi connectivity index (χ0n) is 19.8. The molecule has 8 heteroatoms. The van der Waals surface area contributed by atoms with Gasteiger partial charge in [-0.15, -0.1) is 0 Å². The summed E-state index contributed by atoms with van der Waals surface area (Å²) in [6.45, 7) is 13.4. The number of nitrogens with zero attached hydrogens (tertiary/aromatic N) is 1. The Bertz CT molecular complexity index is 711. The van der Waals surface area contributed by atoms with Crippen molar-refractivity contribution in [3.63, 3.8) is 0 Å². The Kier molecular flexibility index (Phi) is 11.5. The molecule has 1 rings (SSSR count). The minimum absolute atomic E-state index is 0.0222. The minimum Gasteiger partial charge on any atom is -0.444 e. The van der Waals surface area contributed by atoms with Gasteiger partial charge >= 0.3 is 6.09 Å². The molecule has 0 fully saturated rings. The van der Waals surface area contributed by atoms with Crippen LogP contribution in [0.15, 0.2) is 29.3 Å². The second kappa shape index (κ2) is 13.5. The molecule has 174 valence electrons. The van der Waals surface area contributed by atoms with Crippen LogP contribution in [0.2, 0.25) is 0 Å². The van der Waals surface area contributed by atoms with Crippen LogP contribution in [0.5, 0.6) is 0 Å². The number of carbonyl (C=O) groups is 2. The number of rotatable bonds is 10. The zero-order valence-corrected chi connectivity index (χ0v) is 19.8. The molecule has 0 radical (unpaired) electrons. The van der Waals surface area contributed by atoms with E-state index in [1.54, 1.807) is 0 Å². The summed E-state index contributed by atoms with van der Waals surface area (Å²) in [4.78, 5) is 28.2. The van der Waals surface area contributed by atoms with Crippen LogP contribution in [-0.4, -0.2) is 49.2 Å². The lowest BCUT2D eigenvalue weighted by Gasteiger charge is -2.19. The number of aliphatic imine (C=N–C) groups is 1. The molecule has 1 aromatic carbocycles. The van der Waals surface area contributed by atoms with E-state index >= 15 is 0 Å². The third-order valence-corrected chi connectivity index (χ3v) is 4.28. The van der Waals surface area contributed by atoms with Gasteiger partial charge in [-0.05, 0) is 65.2 Å². The predicted octanol–water partition coefficient (Wildman–Crippen LogP) is 3.44. The van der Waals surface area contributed by atoms with Crippen molar-refractivity contribution in [1.82, 2.24) is 16.0 Å². The largest absolute Gasteiger partial charge is 0.444 e. The fourth-order valence-corrected chi connectivity index (χ4v) is 2.56. The zero-order chi connectivity index (χ0) is 23.3. The van der Waals surface area contributed by atoms with E-state index in [-0.39, 0.29) is 11.9 Å². The van der Waals surface area contributed by atoms with Crippen LogP contribution in [0, 0.1) is 0 Å². The summed E-state index contributed by atoms with van der Waals surface area (Å²) in [5, 5.41) is 12.1. The van der Waals surface area contributed by atoms with Gasteiger partial charge in [-0.2, -0.15) is 0 Å². The first kappa shape index (κ1) is 26.3. The average molecular weight is 434 g/mol. The first-order chi connectivity index (χ1) is 14.6. The maximum absolute atomic E-state index is 11.9. The second-order valence-corrected chi connectivity index (χ2v) is 8.39. The number of guanidine groups is 1. The number of amides is 2. The Balaban J connectivity index is 2.44. The van der Waals surface area contributed by atoms with Gasteiger partial charge in [-0.3, -0.25) is 15.1 Å². The molecule has 1 unspecified atom stereocenters. The van der Waals surface area contributed by atoms with E-state index in [4.69, 9.17) is 4.74 Å². The molecule has 0 aliphatic carbocycles. The number of benzene rings is 1. The lowest BCUT2D eigenvalue weighted by Crippen LogP contribution is -2.38. The molecule has 0 aromatic heterocycles. The van der Waals surface area contributed by atoms with Gasteiger partial charge in [-0.25, -0.2) is 4.79 Å². The molecule has 2 amide bonds. The first-order valence-electron chi connectivity index (χ1n) is 11.0. The third kappa shape index (κ3) is 12.5. The number of ether oxygens (including phenoxy) is 1. The van der Waals surface area contributed by atoms with Gasteiger partial charge in [0.25, 0.3) is 0 Å². The van der Waals surface area contributed by atoms with E-state index in [9.17, 15) is 9.59 Å². The van der Waals surface area contributed by atoms with Crippen molar-refractivity contribution < 1.29 is 14.3 Å². The molecule has 0 heterocycles. The van der Waals surface area contributed by atoms with Crippen molar-refractivity contribution in [2.24, 2.45) is 4.99 Å². The summed E-state index contributed by atoms with van der Waals surface area (Å²) in [5.74, 6) is 0.719. The average Bonchev–Trinajstić information content (AvgIpc) is 2.67. The summed E-state index contributed by atoms with van der Waals surface area (Å²) < 4.78 is 5.25. The Morgan fingerprint density at radius 2 is 1.77 bits per heavy atom. The van der Waals surface area contributed by atoms with Gasteiger partial charge in [0.05, 0.1) is 6.54 Å². The predicted molar refractivity (Wildman–Crippen MR) is 126 cm³/mol. The van der Waals surface area contributed by atoms with Crippen LogP contribution in [0.25, 0.3) is 0 Å². The van der Waals surface area contributed by atoms with Crippen LogP contribution in [0.1, 0.15) is 59.9 Å². The summed E-state index contributed by atoms with van der Waals surface area (Å²) in [7, 11) is 0. The fraction of sp³-hybridized carbons (Fsp3) is 0.609. The van der Waals surface area contributed by atoms with Gasteiger partial charge in [0.2, 0.25) is 5.91 Å². The van der Waals surface area contributed by atoms with Crippen LogP contribution < -0.4 is 21.3 Å². The smallest absolute Gasteiger partial charge is 0.412 e. The second-order valence-electron chi connectivity index (χ2n) is 8.39. The van der Waals surface area contributed by atoms with Crippen LogP contribution in [0.3, 0.4) is 0 Å². The molecule has 31 heavy (non-hydrogen) atoms. The fourth-order valence-electron chi connectivity index (χ4n) is 2.56. The van der Waals surface area contributed by atoms with Crippen molar-refractivity contribution in [2.75, 3.05) is 25.0 Å². The Morgan fingerprint density at radius 1 is 1.10 bits per heavy atom. The number of anilines is 1. The lowest BCUT2D eigenvalue weighted by molar-refractivity contribution is -0.121. The van der Waals surface area contributed by atoms with Crippen molar-refractivity contribution in [2.45, 2.75) is 72.4 Å². The Labute approximate surface area is 186 Å². The molecule has 1 atom stereocenters. The highest BCUT2D eigenvalue weighted by atomic mass is 16.6. The van der Waals surface area contributed by atoms with E-state index in [1.165, 1.54) is 0 Å². The number of hydrogen-bond donors (Lipinski definition) is 4. The monoisotopic (exact) mass is 433 g/mol. The standard InChI is InChI=1S/C23H39N5O3/c1-7-17(3)27-20(29)14-16-26-21(24-8-2)25-15-13-18-9-11-19(12-10-18)28-22(30)31-23(4,5)6/h9-12,17H,7-8,13-16H2,1-6H3,(H,27,29)(H,28,30)(H2,24,25,26). The molecule has 8 nitrogen and oxygen atoms in total. The lowest BCUT2D eigenvalue weighted by atomic mass is 10.1. The summed E-state index contributed by atoms with van der Waals surface area (Å²) in [6, 6.07) is 7.84. The van der Waals surface area contributed by atoms with Gasteiger partial charge < -0.3 is 20.7 Å². The quantitative estimate of drug-likeness (QED) is 0.334. The topological polar surface area (TPSA) is 104 Å². The van der Waals surface area contributed by atoms with Crippen LogP contribution in [-0.2, 0) is 16.0 Å². The molecular weight excluding hydrogens is 394 g/mol. The molecule has 0 bridgehead atoms. The van der Waals surface area contributed by atoms with Crippen LogP contribution >= 0.6 is 0 Å². The van der Waals surface area contributed by atoms with E-state index < -0.39 is 11.7 Å². The third-order valence-electron chi connectivity index (χ3n) is 4.28. The minimum atomic E-state index is -0.529. The van der Waals surface area contributed by atoms with Gasteiger partial charge in [0, 0.05) is 31.2 Å². The maximum Gasteiger partial charge on any atom is 0.412 e. The van der Waals surface area contributed by atoms with Gasteiger partial charge in [-0.1, -0.05) is 19.1 Å². The SMILES string of the molecule is CCNC(=NCCC(=O)NC(C)CC)NCCc1ccc(NC(=O)OC(C)(C)C)cc1. The molecule has 0 spiro atoms. The molecule has 1 aromatic rings. The van der Waals surface area contributed by atoms with Crippen molar-refractivity contribution in [1.29, 1.82) is 0 Å². The highest BCUT2D eigenvalue weighted by Gasteiger charge is 2.16. The summed E-state index contributed by atoms with van der Waals surface area (Å²) in [5.41, 5.74) is 1.29. The van der Waals surface area contributed by atoms with E-state index in [2.05, 4.69) is 26.3 Å². The van der Waals surface area contributed by atoms with E-state index in [1.807, 2.05) is 65.8 Å². The van der Waals surface area contributed by atoms with Crippen LogP contribution in [0.4, 0.5) is 10.5 Å². The Hall–Kier alpha value is -2.77. The molecule has 0 aliphatic rings. The first-order valence-corrected chi connectivity index (χ1v) is 11.0. The molecule has 0 aliphatic heterocycles. The highest BCUT2D eigenvalue weighted by molar-refractivity contribution is 5.84. The Morgan fingerprint density at radius 3 is 2.35 bits per heavy atom. The van der Waals surface area contributed by atoms with E-state index in [0.717, 1.165) is 24.9 Å². The summed E-state index contributed by atoms with van der Waals surface area (Å²) in [6.07, 6.45) is 1.61. The van der Waals surface area contributed by atoms with Gasteiger partial charge in [0.1, 0.15) is 5.60 Å². The summed E-state index contributed by atoms with van der Waals surface area (Å²) >= 11 is 0. The molecular formula is C23H39N5O3. The normalized spacial score (nSPS) is 12.6. The molecule has 0 saturated carbocycles. The number of hydrogen-bond acceptors (Lipinski definition) is 4. The number of carbonyl (C=O) groups excluding carboxylic acids is 2. The number of nitrogens with one attached hydrogen (secondary N) is 4. The molecule has 0 saturated heterocycles. The maximum atomic E-state index is 11.9. The van der Waals surface area contributed by atoms with Crippen molar-refractivity contribution >= 4 is 23.6 Å². The van der Waals surface area contributed by atoms with Gasteiger partial charge in [0.15, 0.2) is 5.96 Å². The van der Waals surface area contributed by atoms with Crippen molar-refractivity contribution in [3.8, 4) is 0 Å². The van der Waals surface area contributed by atoms with Crippen molar-refractivity contribution in [3.05, 3.63) is 29.8 Å².